The molecule has 0 spiro atoms. The van der Waals surface area contributed by atoms with Crippen LogP contribution in [0.5, 0.6) is 5.88 Å². The minimum Gasteiger partial charge on any atom is -0.475 e. The standard InChI is InChI=1S/C22H27FN2O3/c1-16-19(10-11-20(24-16)28-15-14-27-2)25-21(26)22(12-4-3-5-13-22)17-6-8-18(23)9-7-17/h6-11H,3-5,12-15H2,1-2H3,(H,25,26). The molecule has 1 saturated carbocycles. The number of rotatable bonds is 7. The molecule has 1 N–H and O–H groups in total. The third-order valence-electron chi connectivity index (χ3n) is 5.38. The summed E-state index contributed by atoms with van der Waals surface area (Å²) in [7, 11) is 1.61. The SMILES string of the molecule is COCCOc1ccc(NC(=O)C2(c3ccc(F)cc3)CCCCC2)c(C)n1. The molecule has 0 radical (unpaired) electrons. The molecule has 1 aliphatic carbocycles. The number of halogens is 1. The van der Waals surface area contributed by atoms with E-state index in [4.69, 9.17) is 9.47 Å². The lowest BCUT2D eigenvalue weighted by molar-refractivity contribution is -0.122. The van der Waals surface area contributed by atoms with Crippen molar-refractivity contribution >= 4 is 11.6 Å². The Kier molecular flexibility index (Phi) is 6.62. The van der Waals surface area contributed by atoms with Crippen LogP contribution in [0.2, 0.25) is 0 Å². The van der Waals surface area contributed by atoms with Gasteiger partial charge in [-0.25, -0.2) is 9.37 Å². The van der Waals surface area contributed by atoms with E-state index in [9.17, 15) is 9.18 Å². The Labute approximate surface area is 165 Å². The van der Waals surface area contributed by atoms with E-state index in [1.807, 2.05) is 13.0 Å². The van der Waals surface area contributed by atoms with E-state index < -0.39 is 5.41 Å². The van der Waals surface area contributed by atoms with Crippen LogP contribution in [0, 0.1) is 12.7 Å². The number of pyridine rings is 1. The van der Waals surface area contributed by atoms with Crippen LogP contribution >= 0.6 is 0 Å². The fourth-order valence-electron chi connectivity index (χ4n) is 3.79. The highest BCUT2D eigenvalue weighted by Crippen LogP contribution is 2.40. The van der Waals surface area contributed by atoms with E-state index >= 15 is 0 Å². The number of carbonyl (C=O) groups excluding carboxylic acids is 1. The number of benzene rings is 1. The average Bonchev–Trinajstić information content (AvgIpc) is 2.71. The molecule has 0 unspecified atom stereocenters. The lowest BCUT2D eigenvalue weighted by Gasteiger charge is -2.36. The van der Waals surface area contributed by atoms with Crippen LogP contribution in [0.15, 0.2) is 36.4 Å². The van der Waals surface area contributed by atoms with Gasteiger partial charge in [0.25, 0.3) is 0 Å². The van der Waals surface area contributed by atoms with Crippen molar-refractivity contribution in [1.29, 1.82) is 0 Å². The number of nitrogens with zero attached hydrogens (tertiary/aromatic N) is 1. The van der Waals surface area contributed by atoms with Gasteiger partial charge in [-0.3, -0.25) is 4.79 Å². The summed E-state index contributed by atoms with van der Waals surface area (Å²) in [5.41, 5.74) is 1.59. The van der Waals surface area contributed by atoms with Gasteiger partial charge in [0, 0.05) is 13.2 Å². The van der Waals surface area contributed by atoms with E-state index in [1.54, 1.807) is 25.3 Å². The van der Waals surface area contributed by atoms with Gasteiger partial charge in [0.1, 0.15) is 12.4 Å². The molecule has 0 atom stereocenters. The molecule has 1 aromatic heterocycles. The topological polar surface area (TPSA) is 60.5 Å². The number of methoxy groups -OCH3 is 1. The van der Waals surface area contributed by atoms with Crippen LogP contribution in [0.1, 0.15) is 43.4 Å². The van der Waals surface area contributed by atoms with Crippen molar-refractivity contribution < 1.29 is 18.7 Å². The molecular formula is C22H27FN2O3. The first-order valence-corrected chi connectivity index (χ1v) is 9.72. The van der Waals surface area contributed by atoms with Crippen molar-refractivity contribution in [3.05, 3.63) is 53.5 Å². The number of hydrogen-bond acceptors (Lipinski definition) is 4. The molecule has 1 aliphatic rings. The van der Waals surface area contributed by atoms with Crippen molar-refractivity contribution in [2.45, 2.75) is 44.4 Å². The molecule has 2 aromatic rings. The molecule has 1 amide bonds. The second-order valence-electron chi connectivity index (χ2n) is 7.23. The predicted molar refractivity (Wildman–Crippen MR) is 106 cm³/mol. The van der Waals surface area contributed by atoms with E-state index in [0.29, 0.717) is 30.5 Å². The first-order valence-electron chi connectivity index (χ1n) is 9.72. The van der Waals surface area contributed by atoms with Gasteiger partial charge in [-0.1, -0.05) is 31.4 Å². The summed E-state index contributed by atoms with van der Waals surface area (Å²) in [5, 5.41) is 3.05. The largest absolute Gasteiger partial charge is 0.475 e. The second-order valence-corrected chi connectivity index (χ2v) is 7.23. The van der Waals surface area contributed by atoms with Crippen molar-refractivity contribution in [3.63, 3.8) is 0 Å². The molecule has 0 bridgehead atoms. The molecule has 1 aromatic carbocycles. The molecule has 1 fully saturated rings. The van der Waals surface area contributed by atoms with Gasteiger partial charge in [0.05, 0.1) is 23.4 Å². The number of ether oxygens (including phenoxy) is 2. The summed E-state index contributed by atoms with van der Waals surface area (Å²) >= 11 is 0. The fraction of sp³-hybridized carbons (Fsp3) is 0.455. The highest BCUT2D eigenvalue weighted by atomic mass is 19.1. The van der Waals surface area contributed by atoms with Crippen LogP contribution < -0.4 is 10.1 Å². The summed E-state index contributed by atoms with van der Waals surface area (Å²) in [6.45, 7) is 2.74. The smallest absolute Gasteiger partial charge is 0.235 e. The number of hydrogen-bond donors (Lipinski definition) is 1. The molecule has 5 nitrogen and oxygen atoms in total. The molecule has 6 heteroatoms. The summed E-state index contributed by atoms with van der Waals surface area (Å²) in [6.07, 6.45) is 4.59. The number of carbonyl (C=O) groups is 1. The van der Waals surface area contributed by atoms with E-state index in [-0.39, 0.29) is 11.7 Å². The highest BCUT2D eigenvalue weighted by molar-refractivity contribution is 5.99. The number of anilines is 1. The van der Waals surface area contributed by atoms with E-state index in [2.05, 4.69) is 10.3 Å². The van der Waals surface area contributed by atoms with Crippen LogP contribution in [-0.2, 0) is 14.9 Å². The third kappa shape index (κ3) is 4.50. The van der Waals surface area contributed by atoms with Crippen LogP contribution in [-0.4, -0.2) is 31.2 Å². The lowest BCUT2D eigenvalue weighted by atomic mass is 9.68. The van der Waals surface area contributed by atoms with Gasteiger partial charge in [0.15, 0.2) is 0 Å². The number of aromatic nitrogens is 1. The van der Waals surface area contributed by atoms with Gasteiger partial charge in [0.2, 0.25) is 11.8 Å². The number of aryl methyl sites for hydroxylation is 1. The highest BCUT2D eigenvalue weighted by Gasteiger charge is 2.41. The van der Waals surface area contributed by atoms with Gasteiger partial charge >= 0.3 is 0 Å². The monoisotopic (exact) mass is 386 g/mol. The maximum atomic E-state index is 13.4. The predicted octanol–water partition coefficient (Wildman–Crippen LogP) is 4.39. The Hall–Kier alpha value is -2.47. The molecule has 0 aliphatic heterocycles. The quantitative estimate of drug-likeness (QED) is 0.717. The van der Waals surface area contributed by atoms with Crippen LogP contribution in [0.3, 0.4) is 0 Å². The van der Waals surface area contributed by atoms with Gasteiger partial charge in [-0.05, 0) is 43.5 Å². The Balaban J connectivity index is 1.79. The first kappa shape index (κ1) is 20.3. The molecular weight excluding hydrogens is 359 g/mol. The van der Waals surface area contributed by atoms with Gasteiger partial charge in [-0.15, -0.1) is 0 Å². The number of nitrogens with one attached hydrogen (secondary N) is 1. The first-order chi connectivity index (χ1) is 13.5. The minimum atomic E-state index is -0.633. The van der Waals surface area contributed by atoms with Crippen LogP contribution in [0.25, 0.3) is 0 Å². The summed E-state index contributed by atoms with van der Waals surface area (Å²) in [4.78, 5) is 17.8. The molecule has 3 rings (SSSR count). The maximum absolute atomic E-state index is 13.4. The zero-order chi connectivity index (χ0) is 20.0. The fourth-order valence-corrected chi connectivity index (χ4v) is 3.79. The van der Waals surface area contributed by atoms with Crippen molar-refractivity contribution in [3.8, 4) is 5.88 Å². The lowest BCUT2D eigenvalue weighted by Crippen LogP contribution is -2.42. The minimum absolute atomic E-state index is 0.0586. The van der Waals surface area contributed by atoms with Crippen LogP contribution in [0.4, 0.5) is 10.1 Å². The van der Waals surface area contributed by atoms with Crippen molar-refractivity contribution in [1.82, 2.24) is 4.98 Å². The Morgan fingerprint density at radius 2 is 1.82 bits per heavy atom. The normalized spacial score (nSPS) is 15.8. The summed E-state index contributed by atoms with van der Waals surface area (Å²) in [5.74, 6) is 0.148. The molecule has 1 heterocycles. The third-order valence-corrected chi connectivity index (χ3v) is 5.38. The molecule has 28 heavy (non-hydrogen) atoms. The van der Waals surface area contributed by atoms with E-state index in [0.717, 1.165) is 37.7 Å². The Morgan fingerprint density at radius 1 is 1.11 bits per heavy atom. The molecule has 150 valence electrons. The summed E-state index contributed by atoms with van der Waals surface area (Å²) in [6, 6.07) is 9.87. The van der Waals surface area contributed by atoms with E-state index in [1.165, 1.54) is 12.1 Å². The number of amides is 1. The van der Waals surface area contributed by atoms with Crippen molar-refractivity contribution in [2.75, 3.05) is 25.6 Å². The maximum Gasteiger partial charge on any atom is 0.235 e. The zero-order valence-corrected chi connectivity index (χ0v) is 16.5. The van der Waals surface area contributed by atoms with Gasteiger partial charge < -0.3 is 14.8 Å². The Morgan fingerprint density at radius 3 is 2.46 bits per heavy atom. The zero-order valence-electron chi connectivity index (χ0n) is 16.5. The van der Waals surface area contributed by atoms with Gasteiger partial charge in [-0.2, -0.15) is 0 Å². The Bertz CT molecular complexity index is 802. The van der Waals surface area contributed by atoms with Crippen molar-refractivity contribution in [2.24, 2.45) is 0 Å². The average molecular weight is 386 g/mol. The molecule has 0 saturated heterocycles. The second kappa shape index (κ2) is 9.15. The summed E-state index contributed by atoms with van der Waals surface area (Å²) < 4.78 is 23.9.